The number of nitrogens with zero attached hydrogens (tertiary/aromatic N) is 2. The van der Waals surface area contributed by atoms with Gasteiger partial charge in [-0.3, -0.25) is 4.90 Å². The maximum Gasteiger partial charge on any atom is 0.190 e. The summed E-state index contributed by atoms with van der Waals surface area (Å²) in [6, 6.07) is 15.2. The summed E-state index contributed by atoms with van der Waals surface area (Å²) in [7, 11) is 1.66. The molecule has 0 bridgehead atoms. The standard InChI is InChI=1S/C21H23ClN2O2/c1-15-21(25,16-6-8-17(22)9-7-16)24(20-5-3-4-14-23(15)20)18-10-12-19(26-2)13-11-18/h5-13,15,25H,3-4,14H2,1-2H3. The van der Waals surface area contributed by atoms with Crippen molar-refractivity contribution in [3.63, 3.8) is 0 Å². The lowest BCUT2D eigenvalue weighted by molar-refractivity contribution is 0.00784. The van der Waals surface area contributed by atoms with Crippen LogP contribution in [0.25, 0.3) is 0 Å². The summed E-state index contributed by atoms with van der Waals surface area (Å²) >= 11 is 6.08. The third-order valence-corrected chi connectivity index (χ3v) is 5.70. The van der Waals surface area contributed by atoms with Crippen molar-refractivity contribution in [1.82, 2.24) is 4.90 Å². The first kappa shape index (κ1) is 17.3. The number of rotatable bonds is 3. The monoisotopic (exact) mass is 370 g/mol. The maximum atomic E-state index is 12.0. The molecule has 5 heteroatoms. The topological polar surface area (TPSA) is 35.9 Å². The third kappa shape index (κ3) is 2.56. The van der Waals surface area contributed by atoms with Crippen LogP contribution in [0.4, 0.5) is 5.69 Å². The van der Waals surface area contributed by atoms with Gasteiger partial charge in [0.25, 0.3) is 0 Å². The van der Waals surface area contributed by atoms with Crippen LogP contribution in [0.2, 0.25) is 5.02 Å². The Morgan fingerprint density at radius 3 is 2.46 bits per heavy atom. The Labute approximate surface area is 159 Å². The normalized spacial score (nSPS) is 25.1. The number of anilines is 1. The lowest BCUT2D eigenvalue weighted by Crippen LogP contribution is -2.47. The number of benzene rings is 2. The second-order valence-electron chi connectivity index (χ2n) is 6.84. The first-order valence-corrected chi connectivity index (χ1v) is 9.33. The van der Waals surface area contributed by atoms with E-state index in [-0.39, 0.29) is 6.04 Å². The van der Waals surface area contributed by atoms with Crippen molar-refractivity contribution in [3.8, 4) is 5.75 Å². The molecule has 2 heterocycles. The van der Waals surface area contributed by atoms with Crippen molar-refractivity contribution in [1.29, 1.82) is 0 Å². The molecule has 0 saturated carbocycles. The highest BCUT2D eigenvalue weighted by molar-refractivity contribution is 6.30. The van der Waals surface area contributed by atoms with E-state index in [0.717, 1.165) is 42.2 Å². The summed E-state index contributed by atoms with van der Waals surface area (Å²) in [5, 5.41) is 12.6. The van der Waals surface area contributed by atoms with E-state index in [9.17, 15) is 5.11 Å². The molecule has 4 rings (SSSR count). The van der Waals surface area contributed by atoms with Gasteiger partial charge in [-0.15, -0.1) is 0 Å². The number of methoxy groups -OCH3 is 1. The largest absolute Gasteiger partial charge is 0.497 e. The second-order valence-corrected chi connectivity index (χ2v) is 7.28. The molecule has 2 aromatic rings. The zero-order chi connectivity index (χ0) is 18.3. The minimum Gasteiger partial charge on any atom is -0.497 e. The van der Waals surface area contributed by atoms with Gasteiger partial charge in [-0.2, -0.15) is 0 Å². The summed E-state index contributed by atoms with van der Waals surface area (Å²) in [6.07, 6.45) is 4.33. The highest BCUT2D eigenvalue weighted by atomic mass is 35.5. The Kier molecular flexibility index (Phi) is 4.33. The van der Waals surface area contributed by atoms with Crippen LogP contribution in [0.3, 0.4) is 0 Å². The quantitative estimate of drug-likeness (QED) is 0.871. The maximum absolute atomic E-state index is 12.0. The van der Waals surface area contributed by atoms with Crippen LogP contribution >= 0.6 is 11.6 Å². The molecule has 0 amide bonds. The molecule has 136 valence electrons. The molecule has 0 aromatic heterocycles. The van der Waals surface area contributed by atoms with Crippen molar-refractivity contribution in [2.24, 2.45) is 0 Å². The van der Waals surface area contributed by atoms with Gasteiger partial charge < -0.3 is 14.7 Å². The Hall–Kier alpha value is -2.17. The minimum absolute atomic E-state index is 0.0858. The van der Waals surface area contributed by atoms with Crippen LogP contribution in [0.15, 0.2) is 60.4 Å². The van der Waals surface area contributed by atoms with Crippen LogP contribution in [-0.2, 0) is 5.72 Å². The van der Waals surface area contributed by atoms with Crippen LogP contribution in [0, 0.1) is 0 Å². The van der Waals surface area contributed by atoms with Gasteiger partial charge >= 0.3 is 0 Å². The van der Waals surface area contributed by atoms with Crippen molar-refractivity contribution in [2.45, 2.75) is 31.5 Å². The summed E-state index contributed by atoms with van der Waals surface area (Å²) < 4.78 is 5.29. The highest BCUT2D eigenvalue weighted by Crippen LogP contribution is 2.47. The van der Waals surface area contributed by atoms with E-state index >= 15 is 0 Å². The average molecular weight is 371 g/mol. The number of hydrogen-bond acceptors (Lipinski definition) is 4. The van der Waals surface area contributed by atoms with Gasteiger partial charge in [0.1, 0.15) is 11.6 Å². The molecule has 1 saturated heterocycles. The summed E-state index contributed by atoms with van der Waals surface area (Å²) in [5.41, 5.74) is 0.598. The Morgan fingerprint density at radius 2 is 1.81 bits per heavy atom. The zero-order valence-electron chi connectivity index (χ0n) is 15.0. The first-order chi connectivity index (χ1) is 12.6. The molecule has 1 fully saturated rings. The average Bonchev–Trinajstić information content (AvgIpc) is 2.91. The van der Waals surface area contributed by atoms with Gasteiger partial charge in [0.05, 0.1) is 13.2 Å². The Balaban J connectivity index is 1.87. The van der Waals surface area contributed by atoms with Gasteiger partial charge in [0.15, 0.2) is 5.72 Å². The van der Waals surface area contributed by atoms with Crippen molar-refractivity contribution >= 4 is 17.3 Å². The zero-order valence-corrected chi connectivity index (χ0v) is 15.8. The Morgan fingerprint density at radius 1 is 1.12 bits per heavy atom. The fourth-order valence-corrected chi connectivity index (χ4v) is 4.17. The molecule has 2 aromatic carbocycles. The molecule has 2 atom stereocenters. The molecule has 1 N–H and O–H groups in total. The van der Waals surface area contributed by atoms with E-state index in [1.165, 1.54) is 0 Å². The molecule has 4 nitrogen and oxygen atoms in total. The van der Waals surface area contributed by atoms with Gasteiger partial charge in [-0.05, 0) is 62.2 Å². The van der Waals surface area contributed by atoms with E-state index in [0.29, 0.717) is 5.02 Å². The van der Waals surface area contributed by atoms with Crippen molar-refractivity contribution in [3.05, 3.63) is 71.0 Å². The van der Waals surface area contributed by atoms with E-state index in [4.69, 9.17) is 16.3 Å². The lowest BCUT2D eigenvalue weighted by atomic mass is 9.95. The first-order valence-electron chi connectivity index (χ1n) is 8.95. The number of aliphatic hydroxyl groups is 1. The molecule has 2 unspecified atom stereocenters. The highest BCUT2D eigenvalue weighted by Gasteiger charge is 2.53. The molecular formula is C21H23ClN2O2. The molecule has 2 aliphatic heterocycles. The number of fused-ring (bicyclic) bond motifs is 1. The smallest absolute Gasteiger partial charge is 0.190 e. The fraction of sp³-hybridized carbons (Fsp3) is 0.333. The number of halogens is 1. The molecule has 26 heavy (non-hydrogen) atoms. The van der Waals surface area contributed by atoms with Crippen LogP contribution in [-0.4, -0.2) is 29.7 Å². The predicted octanol–water partition coefficient (Wildman–Crippen LogP) is 4.34. The van der Waals surface area contributed by atoms with Crippen LogP contribution in [0.5, 0.6) is 5.75 Å². The van der Waals surface area contributed by atoms with E-state index < -0.39 is 5.72 Å². The van der Waals surface area contributed by atoms with E-state index in [2.05, 4.69) is 17.9 Å². The summed E-state index contributed by atoms with van der Waals surface area (Å²) in [5.74, 6) is 1.86. The van der Waals surface area contributed by atoms with Crippen LogP contribution < -0.4 is 9.64 Å². The van der Waals surface area contributed by atoms with Crippen LogP contribution in [0.1, 0.15) is 25.3 Å². The Bertz CT molecular complexity index is 819. The SMILES string of the molecule is COc1ccc(N2C3=CCCCN3C(C)C2(O)c2ccc(Cl)cc2)cc1. The molecular weight excluding hydrogens is 348 g/mol. The summed E-state index contributed by atoms with van der Waals surface area (Å²) in [4.78, 5) is 4.34. The van der Waals surface area contributed by atoms with Gasteiger partial charge in [-0.25, -0.2) is 0 Å². The lowest BCUT2D eigenvalue weighted by Gasteiger charge is -2.37. The van der Waals surface area contributed by atoms with Crippen molar-refractivity contribution < 1.29 is 9.84 Å². The van der Waals surface area contributed by atoms with Crippen molar-refractivity contribution in [2.75, 3.05) is 18.6 Å². The van der Waals surface area contributed by atoms with Gasteiger partial charge in [0.2, 0.25) is 0 Å². The predicted molar refractivity (Wildman–Crippen MR) is 104 cm³/mol. The van der Waals surface area contributed by atoms with E-state index in [1.54, 1.807) is 7.11 Å². The van der Waals surface area contributed by atoms with Gasteiger partial charge in [-0.1, -0.05) is 23.7 Å². The van der Waals surface area contributed by atoms with E-state index in [1.807, 2.05) is 53.4 Å². The van der Waals surface area contributed by atoms with Gasteiger partial charge in [0, 0.05) is 22.8 Å². The number of hydrogen-bond donors (Lipinski definition) is 1. The molecule has 2 aliphatic rings. The molecule has 0 radical (unpaired) electrons. The third-order valence-electron chi connectivity index (χ3n) is 5.44. The number of ether oxygens (including phenoxy) is 1. The fourth-order valence-electron chi connectivity index (χ4n) is 4.04. The number of allylic oxidation sites excluding steroid dienone is 1. The second kappa shape index (κ2) is 6.53. The summed E-state index contributed by atoms with van der Waals surface area (Å²) in [6.45, 7) is 3.02. The minimum atomic E-state index is -1.17. The molecule has 0 aliphatic carbocycles. The molecule has 0 spiro atoms.